The fourth-order valence-electron chi connectivity index (χ4n) is 1.35. The Morgan fingerprint density at radius 1 is 1.56 bits per heavy atom. The molecule has 0 aliphatic carbocycles. The standard InChI is InChI=1S/C11H19N3O2/c1-9(2)10(8-15)13-11(16)4-7-14-6-3-5-12-14/h3,5-6,9-10,15H,4,7-8H2,1-2H3,(H,13,16)/t10-/m1/s1. The molecule has 16 heavy (non-hydrogen) atoms. The van der Waals surface area contributed by atoms with Crippen molar-refractivity contribution in [2.75, 3.05) is 6.61 Å². The number of hydrogen-bond donors (Lipinski definition) is 2. The largest absolute Gasteiger partial charge is 0.394 e. The van der Waals surface area contributed by atoms with E-state index in [9.17, 15) is 4.79 Å². The molecule has 0 bridgehead atoms. The lowest BCUT2D eigenvalue weighted by atomic mass is 10.1. The first-order valence-electron chi connectivity index (χ1n) is 5.51. The summed E-state index contributed by atoms with van der Waals surface area (Å²) in [4.78, 5) is 11.5. The van der Waals surface area contributed by atoms with E-state index in [1.165, 1.54) is 0 Å². The van der Waals surface area contributed by atoms with Crippen LogP contribution in [0.5, 0.6) is 0 Å². The van der Waals surface area contributed by atoms with Crippen LogP contribution in [0.3, 0.4) is 0 Å². The van der Waals surface area contributed by atoms with E-state index in [1.54, 1.807) is 10.9 Å². The van der Waals surface area contributed by atoms with Crippen LogP contribution in [0, 0.1) is 5.92 Å². The maximum Gasteiger partial charge on any atom is 0.222 e. The molecule has 0 saturated heterocycles. The molecule has 1 aromatic heterocycles. The minimum absolute atomic E-state index is 0.0226. The summed E-state index contributed by atoms with van der Waals surface area (Å²) in [7, 11) is 0. The van der Waals surface area contributed by atoms with E-state index in [-0.39, 0.29) is 24.5 Å². The molecule has 0 fully saturated rings. The lowest BCUT2D eigenvalue weighted by Crippen LogP contribution is -2.41. The van der Waals surface area contributed by atoms with Crippen LogP contribution in [0.2, 0.25) is 0 Å². The Hall–Kier alpha value is -1.36. The Balaban J connectivity index is 2.30. The minimum atomic E-state index is -0.162. The monoisotopic (exact) mass is 225 g/mol. The highest BCUT2D eigenvalue weighted by Crippen LogP contribution is 2.01. The molecule has 1 aromatic rings. The normalized spacial score (nSPS) is 12.8. The van der Waals surface area contributed by atoms with Gasteiger partial charge in [0, 0.05) is 25.4 Å². The fourth-order valence-corrected chi connectivity index (χ4v) is 1.35. The van der Waals surface area contributed by atoms with Crippen molar-refractivity contribution in [3.05, 3.63) is 18.5 Å². The number of hydrogen-bond acceptors (Lipinski definition) is 3. The van der Waals surface area contributed by atoms with Gasteiger partial charge in [-0.05, 0) is 12.0 Å². The Labute approximate surface area is 95.5 Å². The Kier molecular flexibility index (Phi) is 4.98. The zero-order valence-electron chi connectivity index (χ0n) is 9.76. The fraction of sp³-hybridized carbons (Fsp3) is 0.636. The van der Waals surface area contributed by atoms with Crippen LogP contribution in [-0.4, -0.2) is 33.4 Å². The smallest absolute Gasteiger partial charge is 0.222 e. The molecule has 2 N–H and O–H groups in total. The summed E-state index contributed by atoms with van der Waals surface area (Å²) in [5, 5.41) is 15.9. The Morgan fingerprint density at radius 2 is 2.31 bits per heavy atom. The molecule has 5 nitrogen and oxygen atoms in total. The van der Waals surface area contributed by atoms with E-state index in [2.05, 4.69) is 10.4 Å². The van der Waals surface area contributed by atoms with Crippen molar-refractivity contribution in [3.8, 4) is 0 Å². The summed E-state index contributed by atoms with van der Waals surface area (Å²) in [5.74, 6) is 0.182. The van der Waals surface area contributed by atoms with E-state index in [0.717, 1.165) is 0 Å². The number of nitrogens with zero attached hydrogens (tertiary/aromatic N) is 2. The summed E-state index contributed by atoms with van der Waals surface area (Å²) in [5.41, 5.74) is 0. The van der Waals surface area contributed by atoms with Crippen molar-refractivity contribution in [2.24, 2.45) is 5.92 Å². The molecule has 0 unspecified atom stereocenters. The molecular formula is C11H19N3O2. The Bertz CT molecular complexity index is 309. The molecule has 0 aliphatic heterocycles. The summed E-state index contributed by atoms with van der Waals surface area (Å²) in [6, 6.07) is 1.66. The third-order valence-electron chi connectivity index (χ3n) is 2.47. The third-order valence-corrected chi connectivity index (χ3v) is 2.47. The van der Waals surface area contributed by atoms with Gasteiger partial charge in [-0.2, -0.15) is 5.10 Å². The number of aromatic nitrogens is 2. The van der Waals surface area contributed by atoms with Crippen LogP contribution in [0.25, 0.3) is 0 Å². The van der Waals surface area contributed by atoms with Crippen molar-refractivity contribution in [3.63, 3.8) is 0 Å². The molecule has 0 spiro atoms. The van der Waals surface area contributed by atoms with E-state index in [4.69, 9.17) is 5.11 Å². The highest BCUT2D eigenvalue weighted by Gasteiger charge is 2.14. The van der Waals surface area contributed by atoms with Gasteiger partial charge in [0.1, 0.15) is 0 Å². The van der Waals surface area contributed by atoms with Crippen molar-refractivity contribution in [2.45, 2.75) is 32.9 Å². The molecule has 1 amide bonds. The lowest BCUT2D eigenvalue weighted by molar-refractivity contribution is -0.122. The van der Waals surface area contributed by atoms with Crippen LogP contribution in [0.1, 0.15) is 20.3 Å². The molecule has 0 aliphatic rings. The van der Waals surface area contributed by atoms with Gasteiger partial charge in [-0.1, -0.05) is 13.8 Å². The van der Waals surface area contributed by atoms with Crippen LogP contribution in [0.4, 0.5) is 0 Å². The van der Waals surface area contributed by atoms with Crippen LogP contribution in [0.15, 0.2) is 18.5 Å². The van der Waals surface area contributed by atoms with E-state index >= 15 is 0 Å². The number of carbonyl (C=O) groups excluding carboxylic acids is 1. The molecule has 90 valence electrons. The van der Waals surface area contributed by atoms with Gasteiger partial charge in [-0.15, -0.1) is 0 Å². The minimum Gasteiger partial charge on any atom is -0.394 e. The Morgan fingerprint density at radius 3 is 2.81 bits per heavy atom. The van der Waals surface area contributed by atoms with Crippen molar-refractivity contribution in [1.29, 1.82) is 0 Å². The van der Waals surface area contributed by atoms with Crippen LogP contribution >= 0.6 is 0 Å². The number of aliphatic hydroxyl groups is 1. The predicted molar refractivity (Wildman–Crippen MR) is 60.7 cm³/mol. The third kappa shape index (κ3) is 4.02. The number of rotatable bonds is 6. The molecule has 5 heteroatoms. The predicted octanol–water partition coefficient (Wildman–Crippen LogP) is 0.406. The average Bonchev–Trinajstić information content (AvgIpc) is 2.75. The second kappa shape index (κ2) is 6.27. The number of nitrogens with one attached hydrogen (secondary N) is 1. The second-order valence-corrected chi connectivity index (χ2v) is 4.12. The van der Waals surface area contributed by atoms with Gasteiger partial charge < -0.3 is 10.4 Å². The van der Waals surface area contributed by atoms with Crippen molar-refractivity contribution < 1.29 is 9.90 Å². The van der Waals surface area contributed by atoms with E-state index in [0.29, 0.717) is 13.0 Å². The maximum atomic E-state index is 11.5. The number of carbonyl (C=O) groups is 1. The van der Waals surface area contributed by atoms with Gasteiger partial charge in [-0.25, -0.2) is 0 Å². The van der Waals surface area contributed by atoms with Crippen LogP contribution in [-0.2, 0) is 11.3 Å². The van der Waals surface area contributed by atoms with Gasteiger partial charge in [0.05, 0.1) is 12.6 Å². The average molecular weight is 225 g/mol. The summed E-state index contributed by atoms with van der Waals surface area (Å²) in [6.45, 7) is 4.48. The molecule has 0 radical (unpaired) electrons. The second-order valence-electron chi connectivity index (χ2n) is 4.12. The lowest BCUT2D eigenvalue weighted by Gasteiger charge is -2.19. The molecule has 0 aromatic carbocycles. The van der Waals surface area contributed by atoms with Gasteiger partial charge in [-0.3, -0.25) is 9.48 Å². The molecular weight excluding hydrogens is 206 g/mol. The highest BCUT2D eigenvalue weighted by molar-refractivity contribution is 5.76. The van der Waals surface area contributed by atoms with E-state index in [1.807, 2.05) is 26.1 Å². The quantitative estimate of drug-likeness (QED) is 0.736. The number of aryl methyl sites for hydroxylation is 1. The zero-order chi connectivity index (χ0) is 12.0. The zero-order valence-corrected chi connectivity index (χ0v) is 9.76. The van der Waals surface area contributed by atoms with Gasteiger partial charge in [0.2, 0.25) is 5.91 Å². The first-order chi connectivity index (χ1) is 7.63. The SMILES string of the molecule is CC(C)[C@@H](CO)NC(=O)CCn1cccn1. The summed E-state index contributed by atoms with van der Waals surface area (Å²) >= 11 is 0. The molecule has 1 rings (SSSR count). The van der Waals surface area contributed by atoms with Crippen molar-refractivity contribution >= 4 is 5.91 Å². The first kappa shape index (κ1) is 12.7. The van der Waals surface area contributed by atoms with Gasteiger partial charge >= 0.3 is 0 Å². The van der Waals surface area contributed by atoms with Gasteiger partial charge in [0.25, 0.3) is 0 Å². The highest BCUT2D eigenvalue weighted by atomic mass is 16.3. The maximum absolute atomic E-state index is 11.5. The van der Waals surface area contributed by atoms with Gasteiger partial charge in [0.15, 0.2) is 0 Å². The van der Waals surface area contributed by atoms with Crippen LogP contribution < -0.4 is 5.32 Å². The molecule has 1 heterocycles. The summed E-state index contributed by atoms with van der Waals surface area (Å²) in [6.07, 6.45) is 3.88. The summed E-state index contributed by atoms with van der Waals surface area (Å²) < 4.78 is 1.71. The van der Waals surface area contributed by atoms with Crippen molar-refractivity contribution in [1.82, 2.24) is 15.1 Å². The number of amides is 1. The topological polar surface area (TPSA) is 67.2 Å². The molecule has 1 atom stereocenters. The first-order valence-corrected chi connectivity index (χ1v) is 5.51. The van der Waals surface area contributed by atoms with E-state index < -0.39 is 0 Å². The molecule has 0 saturated carbocycles. The number of aliphatic hydroxyl groups excluding tert-OH is 1.